The maximum Gasteiger partial charge on any atom is 0.414 e. The Morgan fingerprint density at radius 2 is 1.92 bits per heavy atom. The van der Waals surface area contributed by atoms with Crippen molar-refractivity contribution in [2.45, 2.75) is 44.1 Å². The minimum absolute atomic E-state index is 0.0171. The summed E-state index contributed by atoms with van der Waals surface area (Å²) in [7, 11) is 0. The number of carbonyl (C=O) groups is 3. The molecule has 2 aromatic carbocycles. The molecule has 11 heteroatoms. The Balaban J connectivity index is 1.27. The zero-order valence-electron chi connectivity index (χ0n) is 20.5. The van der Waals surface area contributed by atoms with E-state index in [0.717, 1.165) is 11.6 Å². The van der Waals surface area contributed by atoms with Crippen LogP contribution in [0, 0.1) is 5.82 Å². The van der Waals surface area contributed by atoms with Gasteiger partial charge in [-0.2, -0.15) is 0 Å². The van der Waals surface area contributed by atoms with Crippen molar-refractivity contribution in [1.82, 2.24) is 4.90 Å². The van der Waals surface area contributed by atoms with Gasteiger partial charge in [-0.1, -0.05) is 30.3 Å². The molecule has 2 fully saturated rings. The molecule has 0 saturated carbocycles. The molecule has 198 valence electrons. The van der Waals surface area contributed by atoms with Crippen LogP contribution in [-0.2, 0) is 20.9 Å². The first-order valence-electron chi connectivity index (χ1n) is 12.0. The minimum atomic E-state index is -1.24. The topological polar surface area (TPSA) is 132 Å². The predicted octanol–water partition coefficient (Wildman–Crippen LogP) is 2.61. The number of hydrogen-bond donors (Lipinski definition) is 2. The fourth-order valence-corrected chi connectivity index (χ4v) is 4.19. The molecule has 2 aromatic rings. The molecule has 2 aliphatic heterocycles. The number of aliphatic hydroxyl groups is 1. The van der Waals surface area contributed by atoms with Gasteiger partial charge in [0.25, 0.3) is 0 Å². The number of ether oxygens (including phenoxy) is 3. The molecule has 0 bridgehead atoms. The zero-order valence-corrected chi connectivity index (χ0v) is 20.5. The molecule has 0 spiro atoms. The standard InChI is InChI=1S/C26H30FN3O7/c1-17(31)23(28)22-14-30(25(33)37-22)19-7-8-21(20(27)13-19)36-16-26(34)9-11-29(12-10-26)24(32)35-15-18-5-3-2-4-6-18/h2-8,13,22-23,34H,9-12,14-16,28H2,1H3/t22-,23?/m0/s1. The quantitative estimate of drug-likeness (QED) is 0.549. The van der Waals surface area contributed by atoms with E-state index in [0.29, 0.717) is 0 Å². The molecule has 2 saturated heterocycles. The molecule has 3 N–H and O–H groups in total. The summed E-state index contributed by atoms with van der Waals surface area (Å²) in [6.07, 6.45) is -1.52. The summed E-state index contributed by atoms with van der Waals surface area (Å²) in [5.74, 6) is -1.14. The zero-order chi connectivity index (χ0) is 26.6. The number of nitrogens with two attached hydrogens (primary N) is 1. The Labute approximate surface area is 213 Å². The molecule has 2 atom stereocenters. The van der Waals surface area contributed by atoms with Gasteiger partial charge in [-0.05, 0) is 37.5 Å². The number of rotatable bonds is 8. The number of halogens is 1. The third kappa shape index (κ3) is 6.36. The van der Waals surface area contributed by atoms with E-state index in [-0.39, 0.29) is 62.9 Å². The van der Waals surface area contributed by atoms with Crippen molar-refractivity contribution >= 4 is 23.7 Å². The van der Waals surface area contributed by atoms with Crippen molar-refractivity contribution in [2.75, 3.05) is 31.1 Å². The van der Waals surface area contributed by atoms with Crippen molar-refractivity contribution < 1.29 is 38.1 Å². The second kappa shape index (κ2) is 11.1. The van der Waals surface area contributed by atoms with Crippen LogP contribution in [0.3, 0.4) is 0 Å². The maximum absolute atomic E-state index is 14.8. The second-order valence-electron chi connectivity index (χ2n) is 9.32. The third-order valence-electron chi connectivity index (χ3n) is 6.59. The number of cyclic esters (lactones) is 1. The van der Waals surface area contributed by atoms with E-state index < -0.39 is 35.8 Å². The van der Waals surface area contributed by atoms with Crippen molar-refractivity contribution in [3.63, 3.8) is 0 Å². The summed E-state index contributed by atoms with van der Waals surface area (Å²) < 4.78 is 30.8. The van der Waals surface area contributed by atoms with Crippen LogP contribution in [0.2, 0.25) is 0 Å². The molecule has 0 aliphatic carbocycles. The number of anilines is 1. The SMILES string of the molecule is CC(=O)C(N)[C@@H]1CN(c2ccc(OCC3(O)CCN(C(=O)OCc4ccccc4)CC3)c(F)c2)C(=O)O1. The summed E-state index contributed by atoms with van der Waals surface area (Å²) in [6.45, 7) is 1.87. The summed E-state index contributed by atoms with van der Waals surface area (Å²) in [5, 5.41) is 10.9. The van der Waals surface area contributed by atoms with Gasteiger partial charge in [-0.3, -0.25) is 9.69 Å². The van der Waals surface area contributed by atoms with E-state index in [4.69, 9.17) is 19.9 Å². The first kappa shape index (κ1) is 26.4. The number of amides is 2. The average molecular weight is 516 g/mol. The van der Waals surface area contributed by atoms with Crippen molar-refractivity contribution in [2.24, 2.45) is 5.73 Å². The molecule has 1 unspecified atom stereocenters. The van der Waals surface area contributed by atoms with E-state index >= 15 is 0 Å². The van der Waals surface area contributed by atoms with Gasteiger partial charge in [0, 0.05) is 19.2 Å². The third-order valence-corrected chi connectivity index (χ3v) is 6.59. The van der Waals surface area contributed by atoms with Crippen LogP contribution >= 0.6 is 0 Å². The predicted molar refractivity (Wildman–Crippen MR) is 131 cm³/mol. The number of benzene rings is 2. The number of hydrogen-bond acceptors (Lipinski definition) is 8. The van der Waals surface area contributed by atoms with Crippen LogP contribution in [0.25, 0.3) is 0 Å². The fraction of sp³-hybridized carbons (Fsp3) is 0.423. The smallest absolute Gasteiger partial charge is 0.414 e. The summed E-state index contributed by atoms with van der Waals surface area (Å²) in [4.78, 5) is 38.7. The lowest BCUT2D eigenvalue weighted by atomic mass is 9.92. The van der Waals surface area contributed by atoms with Gasteiger partial charge < -0.3 is 30.0 Å². The first-order chi connectivity index (χ1) is 17.6. The monoisotopic (exact) mass is 515 g/mol. The molecule has 10 nitrogen and oxygen atoms in total. The highest BCUT2D eigenvalue weighted by atomic mass is 19.1. The van der Waals surface area contributed by atoms with Gasteiger partial charge >= 0.3 is 12.2 Å². The van der Waals surface area contributed by atoms with E-state index in [2.05, 4.69) is 0 Å². The fourth-order valence-electron chi connectivity index (χ4n) is 4.19. The number of likely N-dealkylation sites (tertiary alicyclic amines) is 1. The highest BCUT2D eigenvalue weighted by Gasteiger charge is 2.38. The summed E-state index contributed by atoms with van der Waals surface area (Å²) in [6, 6.07) is 12.3. The molecular formula is C26H30FN3O7. The number of nitrogens with zero attached hydrogens (tertiary/aromatic N) is 2. The number of Topliss-reactive ketones (excluding diaryl/α,β-unsaturated/α-hetero) is 1. The van der Waals surface area contributed by atoms with E-state index in [9.17, 15) is 23.9 Å². The van der Waals surface area contributed by atoms with Gasteiger partial charge in [-0.25, -0.2) is 14.0 Å². The number of piperidine rings is 1. The van der Waals surface area contributed by atoms with E-state index in [1.54, 1.807) is 0 Å². The van der Waals surface area contributed by atoms with Crippen LogP contribution in [0.15, 0.2) is 48.5 Å². The van der Waals surface area contributed by atoms with Gasteiger partial charge in [0.15, 0.2) is 11.6 Å². The molecule has 2 aliphatic rings. The van der Waals surface area contributed by atoms with Crippen LogP contribution in [0.5, 0.6) is 5.75 Å². The Bertz CT molecular complexity index is 1140. The Kier molecular flexibility index (Phi) is 7.94. The van der Waals surface area contributed by atoms with Crippen LogP contribution < -0.4 is 15.4 Å². The van der Waals surface area contributed by atoms with Gasteiger partial charge in [0.1, 0.15) is 36.7 Å². The summed E-state index contributed by atoms with van der Waals surface area (Å²) >= 11 is 0. The minimum Gasteiger partial charge on any atom is -0.488 e. The second-order valence-corrected chi connectivity index (χ2v) is 9.32. The highest BCUT2D eigenvalue weighted by Crippen LogP contribution is 2.30. The van der Waals surface area contributed by atoms with Crippen LogP contribution in [0.4, 0.5) is 19.7 Å². The van der Waals surface area contributed by atoms with Crippen molar-refractivity contribution in [1.29, 1.82) is 0 Å². The molecule has 2 amide bonds. The molecule has 4 rings (SSSR count). The Morgan fingerprint density at radius 3 is 2.57 bits per heavy atom. The van der Waals surface area contributed by atoms with Crippen LogP contribution in [-0.4, -0.2) is 72.0 Å². The molecule has 0 radical (unpaired) electrons. The Hall–Kier alpha value is -3.70. The first-order valence-corrected chi connectivity index (χ1v) is 12.0. The van der Waals surface area contributed by atoms with Gasteiger partial charge in [-0.15, -0.1) is 0 Å². The molecule has 2 heterocycles. The lowest BCUT2D eigenvalue weighted by Gasteiger charge is -2.37. The average Bonchev–Trinajstić information content (AvgIpc) is 3.28. The Morgan fingerprint density at radius 1 is 1.22 bits per heavy atom. The lowest BCUT2D eigenvalue weighted by molar-refractivity contribution is -0.120. The van der Waals surface area contributed by atoms with Gasteiger partial charge in [0.2, 0.25) is 0 Å². The molecule has 37 heavy (non-hydrogen) atoms. The van der Waals surface area contributed by atoms with Crippen molar-refractivity contribution in [3.05, 3.63) is 59.9 Å². The molecule has 0 aromatic heterocycles. The largest absolute Gasteiger partial charge is 0.488 e. The van der Waals surface area contributed by atoms with Gasteiger partial charge in [0.05, 0.1) is 12.2 Å². The lowest BCUT2D eigenvalue weighted by Crippen LogP contribution is -2.49. The highest BCUT2D eigenvalue weighted by molar-refractivity contribution is 5.91. The molecular weight excluding hydrogens is 485 g/mol. The summed E-state index contributed by atoms with van der Waals surface area (Å²) in [5.41, 5.74) is 5.64. The maximum atomic E-state index is 14.8. The van der Waals surface area contributed by atoms with Crippen molar-refractivity contribution in [3.8, 4) is 5.75 Å². The number of carbonyl (C=O) groups excluding carboxylic acids is 3. The number of ketones is 1. The van der Waals surface area contributed by atoms with E-state index in [1.165, 1.54) is 28.9 Å². The van der Waals surface area contributed by atoms with E-state index in [1.807, 2.05) is 30.3 Å². The van der Waals surface area contributed by atoms with Crippen LogP contribution in [0.1, 0.15) is 25.3 Å². The normalized spacial score (nSPS) is 19.8.